The zero-order valence-corrected chi connectivity index (χ0v) is 30.1. The van der Waals surface area contributed by atoms with Gasteiger partial charge in [0.05, 0.1) is 0 Å². The third-order valence-corrected chi connectivity index (χ3v) is 9.25. The topological polar surface area (TPSA) is 34.7 Å². The maximum absolute atomic E-state index is 6.46. The van der Waals surface area contributed by atoms with E-state index in [0.29, 0.717) is 18.2 Å². The minimum absolute atomic E-state index is 0. The molecule has 0 saturated carbocycles. The fraction of sp³-hybridized carbons (Fsp3) is 0.0444. The molecule has 0 radical (unpaired) electrons. The fourth-order valence-corrected chi connectivity index (χ4v) is 7.04. The summed E-state index contributed by atoms with van der Waals surface area (Å²) in [5.41, 5.74) is 10.9. The molecule has 1 aromatic heterocycles. The number of aromatic nitrogens is 1. The van der Waals surface area contributed by atoms with Crippen molar-refractivity contribution in [3.8, 4) is 33.8 Å². The molecule has 248 valence electrons. The predicted molar refractivity (Wildman–Crippen MR) is 205 cm³/mol. The quantitative estimate of drug-likeness (QED) is 0.143. The SMILES string of the molecule is C[N-]Cn1c2[c-]c(Oc3[c-]c(N4[CH-]N(c5c(-c6ccccc6)cccc5-c5ccccc5)c5ccccc54)ccc3)ccc2c2ccccc21.[Pt+4]. The number of para-hydroxylation sites is 4. The molecule has 0 unspecified atom stereocenters. The molecule has 8 aromatic rings. The summed E-state index contributed by atoms with van der Waals surface area (Å²) in [6, 6.07) is 61.8. The van der Waals surface area contributed by atoms with Crippen LogP contribution in [0.3, 0.4) is 0 Å². The van der Waals surface area contributed by atoms with E-state index in [0.717, 1.165) is 61.4 Å². The summed E-state index contributed by atoms with van der Waals surface area (Å²) in [5, 5.41) is 6.73. The van der Waals surface area contributed by atoms with Crippen LogP contribution in [0.15, 0.2) is 158 Å². The molecule has 1 aliphatic heterocycles. The van der Waals surface area contributed by atoms with Gasteiger partial charge >= 0.3 is 21.1 Å². The number of rotatable bonds is 8. The normalized spacial score (nSPS) is 12.3. The van der Waals surface area contributed by atoms with Gasteiger partial charge in [0.25, 0.3) is 0 Å². The second-order valence-electron chi connectivity index (χ2n) is 12.3. The molecule has 9 rings (SSSR count). The van der Waals surface area contributed by atoms with Crippen molar-refractivity contribution in [2.75, 3.05) is 16.8 Å². The Hall–Kier alpha value is -5.61. The molecule has 0 N–H and O–H groups in total. The second kappa shape index (κ2) is 14.0. The molecule has 0 fully saturated rings. The number of hydrogen-bond donors (Lipinski definition) is 0. The van der Waals surface area contributed by atoms with Crippen LogP contribution in [0.5, 0.6) is 11.5 Å². The van der Waals surface area contributed by atoms with E-state index in [4.69, 9.17) is 4.74 Å². The first kappa shape index (κ1) is 32.6. The van der Waals surface area contributed by atoms with E-state index in [1.807, 2.05) is 25.2 Å². The van der Waals surface area contributed by atoms with Crippen LogP contribution in [-0.4, -0.2) is 11.6 Å². The van der Waals surface area contributed by atoms with Gasteiger partial charge in [0.2, 0.25) is 0 Å². The zero-order valence-electron chi connectivity index (χ0n) is 27.8. The largest absolute Gasteiger partial charge is 4.00 e. The molecule has 2 heterocycles. The van der Waals surface area contributed by atoms with Crippen molar-refractivity contribution in [3.05, 3.63) is 182 Å². The minimum atomic E-state index is 0. The average Bonchev–Trinajstić information content (AvgIpc) is 3.71. The smallest absolute Gasteiger partial charge is 0.648 e. The van der Waals surface area contributed by atoms with Gasteiger partial charge in [-0.3, -0.25) is 0 Å². The van der Waals surface area contributed by atoms with Gasteiger partial charge in [-0.25, -0.2) is 0 Å². The molecule has 1 aliphatic rings. The van der Waals surface area contributed by atoms with E-state index in [-0.39, 0.29) is 21.1 Å². The number of nitrogens with zero attached hydrogens (tertiary/aromatic N) is 4. The summed E-state index contributed by atoms with van der Waals surface area (Å²) in [6.45, 7) is 2.71. The van der Waals surface area contributed by atoms with Crippen LogP contribution >= 0.6 is 0 Å². The summed E-state index contributed by atoms with van der Waals surface area (Å²) in [6.07, 6.45) is 0. The fourth-order valence-electron chi connectivity index (χ4n) is 7.04. The summed E-state index contributed by atoms with van der Waals surface area (Å²) in [4.78, 5) is 4.49. The van der Waals surface area contributed by atoms with Crippen LogP contribution < -0.4 is 14.5 Å². The van der Waals surface area contributed by atoms with Gasteiger partial charge in [-0.2, -0.15) is 19.2 Å². The number of fused-ring (bicyclic) bond motifs is 4. The van der Waals surface area contributed by atoms with Crippen LogP contribution in [0.1, 0.15) is 0 Å². The zero-order chi connectivity index (χ0) is 33.4. The van der Waals surface area contributed by atoms with Gasteiger partial charge in [-0.1, -0.05) is 121 Å². The summed E-state index contributed by atoms with van der Waals surface area (Å²) >= 11 is 0. The van der Waals surface area contributed by atoms with E-state index in [9.17, 15) is 0 Å². The molecule has 0 aliphatic carbocycles. The molecule has 6 heteroatoms. The van der Waals surface area contributed by atoms with E-state index >= 15 is 0 Å². The predicted octanol–water partition coefficient (Wildman–Crippen LogP) is 11.9. The first-order chi connectivity index (χ1) is 24.8. The van der Waals surface area contributed by atoms with Crippen molar-refractivity contribution in [1.82, 2.24) is 4.57 Å². The molecular formula is C45H32N4OPt. The van der Waals surface area contributed by atoms with Crippen molar-refractivity contribution in [2.45, 2.75) is 6.67 Å². The Labute approximate surface area is 312 Å². The Kier molecular flexibility index (Phi) is 8.91. The summed E-state index contributed by atoms with van der Waals surface area (Å²) < 4.78 is 8.64. The maximum Gasteiger partial charge on any atom is 4.00 e. The Morgan fingerprint density at radius 3 is 1.88 bits per heavy atom. The molecule has 0 saturated heterocycles. The molecule has 51 heavy (non-hydrogen) atoms. The van der Waals surface area contributed by atoms with Gasteiger partial charge in [0, 0.05) is 45.2 Å². The molecule has 0 atom stereocenters. The van der Waals surface area contributed by atoms with Crippen LogP contribution in [0, 0.1) is 18.8 Å². The third-order valence-electron chi connectivity index (χ3n) is 9.25. The van der Waals surface area contributed by atoms with Crippen LogP contribution in [0.2, 0.25) is 0 Å². The molecular weight excluding hydrogens is 808 g/mol. The Morgan fingerprint density at radius 1 is 0.569 bits per heavy atom. The molecule has 7 aromatic carbocycles. The van der Waals surface area contributed by atoms with Crippen molar-refractivity contribution in [1.29, 1.82) is 0 Å². The minimum Gasteiger partial charge on any atom is -0.648 e. The van der Waals surface area contributed by atoms with Gasteiger partial charge in [0.1, 0.15) is 0 Å². The third kappa shape index (κ3) is 5.89. The first-order valence-electron chi connectivity index (χ1n) is 16.7. The van der Waals surface area contributed by atoms with Crippen molar-refractivity contribution >= 4 is 44.6 Å². The average molecular weight is 840 g/mol. The van der Waals surface area contributed by atoms with Crippen molar-refractivity contribution < 1.29 is 25.8 Å². The summed E-state index contributed by atoms with van der Waals surface area (Å²) in [7, 11) is 1.83. The molecule has 0 bridgehead atoms. The Bertz CT molecular complexity index is 2420. The van der Waals surface area contributed by atoms with Gasteiger partial charge < -0.3 is 24.4 Å². The van der Waals surface area contributed by atoms with Crippen molar-refractivity contribution in [3.63, 3.8) is 0 Å². The van der Waals surface area contributed by atoms with E-state index in [1.54, 1.807) is 0 Å². The van der Waals surface area contributed by atoms with E-state index in [1.165, 1.54) is 5.39 Å². The van der Waals surface area contributed by atoms with E-state index < -0.39 is 0 Å². The van der Waals surface area contributed by atoms with Crippen LogP contribution in [0.4, 0.5) is 22.7 Å². The number of hydrogen-bond acceptors (Lipinski definition) is 3. The standard InChI is InChI=1S/C45H32N4O.Pt/c1-46-30-47-41-23-9-8-20-39(41)40-27-26-36(29-44(40)47)50-35-19-12-18-34(28-35)48-31-49(43-25-11-10-24-42(43)48)45-37(32-14-4-2-5-15-32)21-13-22-38(45)33-16-6-3-7-17-33;/h2-27,31H,30H2,1H3;/q-4;+4. The van der Waals surface area contributed by atoms with Gasteiger partial charge in [-0.15, -0.1) is 48.1 Å². The Morgan fingerprint density at radius 2 is 1.18 bits per heavy atom. The number of ether oxygens (including phenoxy) is 1. The summed E-state index contributed by atoms with van der Waals surface area (Å²) in [5.74, 6) is 1.24. The monoisotopic (exact) mass is 839 g/mol. The first-order valence-corrected chi connectivity index (χ1v) is 16.7. The number of benzene rings is 7. The number of anilines is 4. The molecule has 0 amide bonds. The second-order valence-corrected chi connectivity index (χ2v) is 12.3. The van der Waals surface area contributed by atoms with Gasteiger partial charge in [-0.05, 0) is 34.7 Å². The van der Waals surface area contributed by atoms with Crippen LogP contribution in [-0.2, 0) is 27.7 Å². The molecule has 0 spiro atoms. The van der Waals surface area contributed by atoms with Gasteiger partial charge in [0.15, 0.2) is 0 Å². The van der Waals surface area contributed by atoms with Crippen LogP contribution in [0.25, 0.3) is 49.4 Å². The maximum atomic E-state index is 6.46. The van der Waals surface area contributed by atoms with E-state index in [2.05, 4.69) is 178 Å². The molecule has 5 nitrogen and oxygen atoms in total. The van der Waals surface area contributed by atoms with Crippen molar-refractivity contribution in [2.24, 2.45) is 0 Å². The Balaban J connectivity index is 0.00000374.